The van der Waals surface area contributed by atoms with Crippen molar-refractivity contribution in [2.24, 2.45) is 0 Å². The van der Waals surface area contributed by atoms with Gasteiger partial charge in [-0.15, -0.1) is 0 Å². The molecule has 0 amide bonds. The first-order chi connectivity index (χ1) is 16.4. The molecular weight excluding hydrogens is 440 g/mol. The van der Waals surface area contributed by atoms with Crippen LogP contribution in [0.3, 0.4) is 0 Å². The van der Waals surface area contributed by atoms with Crippen molar-refractivity contribution >= 4 is 0 Å². The molecule has 1 aliphatic rings. The predicted molar refractivity (Wildman–Crippen MR) is 122 cm³/mol. The quantitative estimate of drug-likeness (QED) is 0.412. The first-order valence-corrected chi connectivity index (χ1v) is 10.8. The van der Waals surface area contributed by atoms with Crippen LogP contribution in [-0.2, 0) is 19.6 Å². The Morgan fingerprint density at radius 1 is 1.03 bits per heavy atom. The SMILES string of the molecule is Cc1ccc2c(c1)CCn1c-2cc(OCc2cc(F)c(Oc3ccc(C)nc3)c(F)c2)nc1=O. The number of pyridine rings is 1. The number of benzene rings is 2. The van der Waals surface area contributed by atoms with Crippen LogP contribution in [0.2, 0.25) is 0 Å². The fraction of sp³-hybridized carbons (Fsp3) is 0.192. The third-order valence-corrected chi connectivity index (χ3v) is 5.68. The van der Waals surface area contributed by atoms with E-state index in [1.807, 2.05) is 19.1 Å². The average Bonchev–Trinajstić information content (AvgIpc) is 2.81. The summed E-state index contributed by atoms with van der Waals surface area (Å²) in [6, 6.07) is 13.3. The smallest absolute Gasteiger partial charge is 0.351 e. The molecule has 0 atom stereocenters. The predicted octanol–water partition coefficient (Wildman–Crippen LogP) is 5.13. The fourth-order valence-electron chi connectivity index (χ4n) is 3.99. The lowest BCUT2D eigenvalue weighted by Crippen LogP contribution is -2.28. The van der Waals surface area contributed by atoms with E-state index in [0.29, 0.717) is 12.2 Å². The molecule has 8 heteroatoms. The van der Waals surface area contributed by atoms with Crippen molar-refractivity contribution in [2.75, 3.05) is 0 Å². The van der Waals surface area contributed by atoms with Crippen LogP contribution >= 0.6 is 0 Å². The number of fused-ring (bicyclic) bond motifs is 3. The largest absolute Gasteiger partial charge is 0.473 e. The highest BCUT2D eigenvalue weighted by Crippen LogP contribution is 2.31. The molecule has 3 heterocycles. The summed E-state index contributed by atoms with van der Waals surface area (Å²) in [7, 11) is 0. The molecule has 0 N–H and O–H groups in total. The van der Waals surface area contributed by atoms with Gasteiger partial charge in [-0.05, 0) is 55.7 Å². The van der Waals surface area contributed by atoms with E-state index in [4.69, 9.17) is 9.47 Å². The lowest BCUT2D eigenvalue weighted by molar-refractivity contribution is 0.289. The van der Waals surface area contributed by atoms with Crippen molar-refractivity contribution in [1.82, 2.24) is 14.5 Å². The highest BCUT2D eigenvalue weighted by atomic mass is 19.1. The van der Waals surface area contributed by atoms with Crippen LogP contribution < -0.4 is 15.2 Å². The number of ether oxygens (including phenoxy) is 2. The molecule has 0 aliphatic carbocycles. The molecule has 0 spiro atoms. The van der Waals surface area contributed by atoms with Gasteiger partial charge in [0, 0.05) is 23.9 Å². The fourth-order valence-corrected chi connectivity index (χ4v) is 3.99. The number of hydrogen-bond donors (Lipinski definition) is 0. The van der Waals surface area contributed by atoms with Crippen molar-refractivity contribution < 1.29 is 18.3 Å². The summed E-state index contributed by atoms with van der Waals surface area (Å²) in [5.41, 5.74) is 4.53. The van der Waals surface area contributed by atoms with Gasteiger partial charge in [-0.2, -0.15) is 4.98 Å². The van der Waals surface area contributed by atoms with Crippen LogP contribution in [-0.4, -0.2) is 14.5 Å². The molecule has 5 rings (SSSR count). The zero-order valence-corrected chi connectivity index (χ0v) is 18.6. The molecule has 0 saturated heterocycles. The second-order valence-corrected chi connectivity index (χ2v) is 8.24. The molecule has 172 valence electrons. The number of aryl methyl sites for hydroxylation is 3. The maximum absolute atomic E-state index is 14.6. The maximum Gasteiger partial charge on any atom is 0.351 e. The van der Waals surface area contributed by atoms with Crippen molar-refractivity contribution in [3.63, 3.8) is 0 Å². The van der Waals surface area contributed by atoms with Gasteiger partial charge in [-0.25, -0.2) is 13.6 Å². The summed E-state index contributed by atoms with van der Waals surface area (Å²) in [5.74, 6) is -1.95. The highest BCUT2D eigenvalue weighted by Gasteiger charge is 2.20. The number of aromatic nitrogens is 3. The van der Waals surface area contributed by atoms with Gasteiger partial charge in [0.2, 0.25) is 5.88 Å². The van der Waals surface area contributed by atoms with Crippen LogP contribution in [0.25, 0.3) is 11.3 Å². The topological polar surface area (TPSA) is 66.2 Å². The second-order valence-electron chi connectivity index (χ2n) is 8.24. The highest BCUT2D eigenvalue weighted by molar-refractivity contribution is 5.67. The van der Waals surface area contributed by atoms with Gasteiger partial charge in [0.1, 0.15) is 12.4 Å². The van der Waals surface area contributed by atoms with Crippen molar-refractivity contribution in [2.45, 2.75) is 33.4 Å². The molecule has 1 aliphatic heterocycles. The summed E-state index contributed by atoms with van der Waals surface area (Å²) in [6.45, 7) is 4.18. The molecule has 2 aromatic carbocycles. The summed E-state index contributed by atoms with van der Waals surface area (Å²) >= 11 is 0. The van der Waals surface area contributed by atoms with Gasteiger partial charge < -0.3 is 9.47 Å². The minimum atomic E-state index is -0.873. The van der Waals surface area contributed by atoms with Gasteiger partial charge in [0.15, 0.2) is 17.4 Å². The van der Waals surface area contributed by atoms with Gasteiger partial charge in [0.05, 0.1) is 11.9 Å². The number of hydrogen-bond acceptors (Lipinski definition) is 5. The Morgan fingerprint density at radius 3 is 2.56 bits per heavy atom. The minimum Gasteiger partial charge on any atom is -0.473 e. The van der Waals surface area contributed by atoms with E-state index in [2.05, 4.69) is 16.0 Å². The summed E-state index contributed by atoms with van der Waals surface area (Å²) in [5, 5.41) is 0. The van der Waals surface area contributed by atoms with E-state index in [9.17, 15) is 13.6 Å². The molecule has 34 heavy (non-hydrogen) atoms. The summed E-state index contributed by atoms with van der Waals surface area (Å²) in [6.07, 6.45) is 2.14. The first kappa shape index (κ1) is 21.8. The van der Waals surface area contributed by atoms with Crippen LogP contribution in [0.15, 0.2) is 59.5 Å². The van der Waals surface area contributed by atoms with E-state index in [-0.39, 0.29) is 23.8 Å². The van der Waals surface area contributed by atoms with Gasteiger partial charge in [0.25, 0.3) is 0 Å². The van der Waals surface area contributed by atoms with E-state index in [1.54, 1.807) is 29.7 Å². The lowest BCUT2D eigenvalue weighted by atomic mass is 9.96. The van der Waals surface area contributed by atoms with Crippen LogP contribution in [0.4, 0.5) is 8.78 Å². The Balaban J connectivity index is 1.37. The van der Waals surface area contributed by atoms with Crippen LogP contribution in [0, 0.1) is 25.5 Å². The normalized spacial score (nSPS) is 12.1. The Bertz CT molecular complexity index is 1430. The molecule has 0 radical (unpaired) electrons. The van der Waals surface area contributed by atoms with Gasteiger partial charge in [-0.1, -0.05) is 23.8 Å². The number of halogens is 2. The molecular formula is C26H21F2N3O3. The van der Waals surface area contributed by atoms with Gasteiger partial charge >= 0.3 is 5.69 Å². The molecule has 0 fully saturated rings. The van der Waals surface area contributed by atoms with Gasteiger partial charge in [-0.3, -0.25) is 9.55 Å². The standard InChI is InChI=1S/C26H21F2N3O3/c1-15-3-6-20-18(9-15)7-8-31-23(20)12-24(30-26(31)32)33-14-17-10-21(27)25(22(28)11-17)34-19-5-4-16(2)29-13-19/h3-6,9-13H,7-8,14H2,1-2H3. The lowest BCUT2D eigenvalue weighted by Gasteiger charge is -2.22. The summed E-state index contributed by atoms with van der Waals surface area (Å²) in [4.78, 5) is 20.6. The summed E-state index contributed by atoms with van der Waals surface area (Å²) < 4.78 is 41.7. The monoisotopic (exact) mass is 461 g/mol. The third-order valence-electron chi connectivity index (χ3n) is 5.68. The Labute approximate surface area is 194 Å². The van der Waals surface area contributed by atoms with Crippen LogP contribution in [0.1, 0.15) is 22.4 Å². The van der Waals surface area contributed by atoms with E-state index in [1.165, 1.54) is 6.20 Å². The van der Waals surface area contributed by atoms with Crippen molar-refractivity contribution in [3.8, 4) is 28.6 Å². The Hall–Kier alpha value is -4.07. The number of rotatable bonds is 5. The minimum absolute atomic E-state index is 0.0940. The van der Waals surface area contributed by atoms with Crippen molar-refractivity contribution in [3.05, 3.63) is 99.2 Å². The average molecular weight is 461 g/mol. The Kier molecular flexibility index (Phi) is 5.57. The molecule has 0 unspecified atom stereocenters. The molecule has 0 bridgehead atoms. The van der Waals surface area contributed by atoms with E-state index in [0.717, 1.165) is 40.9 Å². The Morgan fingerprint density at radius 2 is 1.82 bits per heavy atom. The third kappa shape index (κ3) is 4.26. The van der Waals surface area contributed by atoms with Crippen molar-refractivity contribution in [1.29, 1.82) is 0 Å². The molecule has 6 nitrogen and oxygen atoms in total. The molecule has 0 saturated carbocycles. The van der Waals surface area contributed by atoms with Crippen LogP contribution in [0.5, 0.6) is 17.4 Å². The maximum atomic E-state index is 14.6. The zero-order chi connectivity index (χ0) is 23.8. The number of nitrogens with zero attached hydrogens (tertiary/aromatic N) is 3. The second kappa shape index (κ2) is 8.70. The zero-order valence-electron chi connectivity index (χ0n) is 18.6. The van der Waals surface area contributed by atoms with E-state index >= 15 is 0 Å². The molecule has 4 aromatic rings. The molecule has 2 aromatic heterocycles. The van der Waals surface area contributed by atoms with E-state index < -0.39 is 23.1 Å². The first-order valence-electron chi connectivity index (χ1n) is 10.8.